The van der Waals surface area contributed by atoms with Crippen LogP contribution in [0.3, 0.4) is 0 Å². The Kier molecular flexibility index (Phi) is 7.06. The predicted molar refractivity (Wildman–Crippen MR) is 102 cm³/mol. The van der Waals surface area contributed by atoms with Gasteiger partial charge in [-0.3, -0.25) is 0 Å². The normalized spacial score (nSPS) is 39.7. The van der Waals surface area contributed by atoms with Crippen LogP contribution in [-0.2, 0) is 4.79 Å². The average molecular weight is 347 g/mol. The van der Waals surface area contributed by atoms with E-state index in [9.17, 15) is 9.90 Å². The molecule has 0 radical (unpaired) electrons. The topological polar surface area (TPSA) is 57.5 Å². The third-order valence-electron chi connectivity index (χ3n) is 6.41. The lowest BCUT2D eigenvalue weighted by molar-refractivity contribution is -0.131. The monoisotopic (exact) mass is 346 g/mol. The maximum atomic E-state index is 10.7. The molecular formula is C22H34O3. The van der Waals surface area contributed by atoms with Crippen molar-refractivity contribution in [1.82, 2.24) is 0 Å². The lowest BCUT2D eigenvalue weighted by Crippen LogP contribution is -2.48. The van der Waals surface area contributed by atoms with Gasteiger partial charge in [-0.15, -0.1) is 0 Å². The molecule has 0 aromatic rings. The largest absolute Gasteiger partial charge is 0.478 e. The van der Waals surface area contributed by atoms with E-state index in [0.717, 1.165) is 25.7 Å². The fourth-order valence-corrected chi connectivity index (χ4v) is 5.48. The van der Waals surface area contributed by atoms with E-state index < -0.39 is 5.97 Å². The van der Waals surface area contributed by atoms with Crippen LogP contribution in [0.5, 0.6) is 0 Å². The molecule has 2 saturated carbocycles. The lowest BCUT2D eigenvalue weighted by atomic mass is 9.53. The molecule has 0 unspecified atom stereocenters. The van der Waals surface area contributed by atoms with Crippen LogP contribution in [0.4, 0.5) is 0 Å². The summed E-state index contributed by atoms with van der Waals surface area (Å²) in [4.78, 5) is 10.7. The number of carbonyl (C=O) groups is 1. The van der Waals surface area contributed by atoms with Gasteiger partial charge in [-0.2, -0.15) is 0 Å². The summed E-state index contributed by atoms with van der Waals surface area (Å²) in [6.45, 7) is 9.05. The van der Waals surface area contributed by atoms with Gasteiger partial charge in [0.05, 0.1) is 6.10 Å². The van der Waals surface area contributed by atoms with Gasteiger partial charge < -0.3 is 10.2 Å². The molecule has 0 bridgehead atoms. The molecule has 2 aliphatic carbocycles. The summed E-state index contributed by atoms with van der Waals surface area (Å²) in [6, 6.07) is 0. The fraction of sp³-hybridized carbons (Fsp3) is 0.682. The van der Waals surface area contributed by atoms with Crippen molar-refractivity contribution in [3.63, 3.8) is 0 Å². The van der Waals surface area contributed by atoms with E-state index in [1.807, 2.05) is 6.08 Å². The van der Waals surface area contributed by atoms with Gasteiger partial charge in [0.15, 0.2) is 0 Å². The van der Waals surface area contributed by atoms with Crippen molar-refractivity contribution in [1.29, 1.82) is 0 Å². The molecule has 2 rings (SSSR count). The first-order valence-electron chi connectivity index (χ1n) is 9.79. The highest BCUT2D eigenvalue weighted by atomic mass is 16.4. The quantitative estimate of drug-likeness (QED) is 0.426. The Morgan fingerprint density at radius 3 is 2.52 bits per heavy atom. The second-order valence-electron chi connectivity index (χ2n) is 8.12. The number of aliphatic hydroxyl groups excluding tert-OH is 1. The SMILES string of the molecule is CC/C=C(/C)[C@H]1[C@@H](/C=C/C=C/C(=O)O)[C@H]2[C@@H](C[C@H]1C)[C@@H](O)CC[C@@H]2C. The van der Waals surface area contributed by atoms with Crippen molar-refractivity contribution < 1.29 is 15.0 Å². The number of hydrogen-bond acceptors (Lipinski definition) is 2. The van der Waals surface area contributed by atoms with Crippen molar-refractivity contribution in [2.75, 3.05) is 0 Å². The van der Waals surface area contributed by atoms with Crippen molar-refractivity contribution in [2.24, 2.45) is 35.5 Å². The van der Waals surface area contributed by atoms with E-state index >= 15 is 0 Å². The fourth-order valence-electron chi connectivity index (χ4n) is 5.48. The van der Waals surface area contributed by atoms with Gasteiger partial charge in [0.25, 0.3) is 0 Å². The summed E-state index contributed by atoms with van der Waals surface area (Å²) in [6.07, 6.45) is 13.2. The summed E-state index contributed by atoms with van der Waals surface area (Å²) < 4.78 is 0. The number of aliphatic carboxylic acids is 1. The molecule has 0 heterocycles. The number of carboxylic acids is 1. The van der Waals surface area contributed by atoms with Crippen LogP contribution in [0.15, 0.2) is 36.0 Å². The number of aliphatic hydroxyl groups is 1. The second-order valence-corrected chi connectivity index (χ2v) is 8.12. The number of fused-ring (bicyclic) bond motifs is 1. The van der Waals surface area contributed by atoms with Gasteiger partial charge in [0.2, 0.25) is 0 Å². The van der Waals surface area contributed by atoms with E-state index in [1.54, 1.807) is 6.08 Å². The zero-order valence-electron chi connectivity index (χ0n) is 16.1. The van der Waals surface area contributed by atoms with Crippen molar-refractivity contribution in [3.05, 3.63) is 36.0 Å². The summed E-state index contributed by atoms with van der Waals surface area (Å²) in [5, 5.41) is 19.4. The summed E-state index contributed by atoms with van der Waals surface area (Å²) in [5.41, 5.74) is 1.44. The van der Waals surface area contributed by atoms with Crippen LogP contribution in [0.1, 0.15) is 53.4 Å². The van der Waals surface area contributed by atoms with Crippen LogP contribution < -0.4 is 0 Å². The third kappa shape index (κ3) is 4.63. The average Bonchev–Trinajstić information content (AvgIpc) is 2.54. The molecule has 7 atom stereocenters. The van der Waals surface area contributed by atoms with Crippen LogP contribution in [0.2, 0.25) is 0 Å². The molecule has 0 saturated heterocycles. The zero-order valence-corrected chi connectivity index (χ0v) is 16.1. The molecule has 0 aromatic carbocycles. The molecular weight excluding hydrogens is 312 g/mol. The van der Waals surface area contributed by atoms with E-state index in [2.05, 4.69) is 39.8 Å². The molecule has 2 N–H and O–H groups in total. The van der Waals surface area contributed by atoms with Crippen molar-refractivity contribution in [2.45, 2.75) is 59.5 Å². The standard InChI is InChI=1S/C22H34O3/c1-5-8-14(2)21-16(4)13-18-19(23)12-11-15(3)22(18)17(21)9-6-7-10-20(24)25/h6-10,15-19,21-23H,5,11-13H2,1-4H3,(H,24,25)/b9-6+,10-7+,14-8-/t15-,16+,17+,18-,19-,21+,22-/m0/s1. The zero-order chi connectivity index (χ0) is 18.6. The van der Waals surface area contributed by atoms with Crippen molar-refractivity contribution in [3.8, 4) is 0 Å². The van der Waals surface area contributed by atoms with Gasteiger partial charge in [-0.1, -0.05) is 50.6 Å². The Bertz CT molecular complexity index is 545. The highest BCUT2D eigenvalue weighted by Gasteiger charge is 2.48. The Balaban J connectivity index is 2.37. The van der Waals surface area contributed by atoms with Gasteiger partial charge in [0.1, 0.15) is 0 Å². The highest BCUT2D eigenvalue weighted by molar-refractivity contribution is 5.80. The van der Waals surface area contributed by atoms with E-state index in [4.69, 9.17) is 5.11 Å². The van der Waals surface area contributed by atoms with Crippen LogP contribution in [-0.4, -0.2) is 22.3 Å². The molecule has 25 heavy (non-hydrogen) atoms. The second kappa shape index (κ2) is 8.84. The number of allylic oxidation sites excluding steroid dienone is 5. The van der Waals surface area contributed by atoms with Gasteiger partial charge >= 0.3 is 5.97 Å². The van der Waals surface area contributed by atoms with Crippen molar-refractivity contribution >= 4 is 5.97 Å². The van der Waals surface area contributed by atoms with Gasteiger partial charge in [-0.05, 0) is 68.1 Å². The first kappa shape index (κ1) is 20.0. The smallest absolute Gasteiger partial charge is 0.328 e. The molecule has 3 heteroatoms. The molecule has 140 valence electrons. The maximum absolute atomic E-state index is 10.7. The predicted octanol–water partition coefficient (Wildman–Crippen LogP) is 4.84. The lowest BCUT2D eigenvalue weighted by Gasteiger charge is -2.52. The summed E-state index contributed by atoms with van der Waals surface area (Å²) in [7, 11) is 0. The first-order valence-corrected chi connectivity index (χ1v) is 9.79. The molecule has 0 amide bonds. The molecule has 3 nitrogen and oxygen atoms in total. The molecule has 0 aliphatic heterocycles. The highest BCUT2D eigenvalue weighted by Crippen LogP contribution is 2.53. The maximum Gasteiger partial charge on any atom is 0.328 e. The minimum Gasteiger partial charge on any atom is -0.478 e. The first-order chi connectivity index (χ1) is 11.9. The third-order valence-corrected chi connectivity index (χ3v) is 6.41. The summed E-state index contributed by atoms with van der Waals surface area (Å²) >= 11 is 0. The van der Waals surface area contributed by atoms with Crippen LogP contribution in [0.25, 0.3) is 0 Å². The van der Waals surface area contributed by atoms with Crippen LogP contribution >= 0.6 is 0 Å². The van der Waals surface area contributed by atoms with E-state index in [1.165, 1.54) is 11.6 Å². The number of carboxylic acid groups (broad SMARTS) is 1. The minimum atomic E-state index is -0.917. The minimum absolute atomic E-state index is 0.189. The van der Waals surface area contributed by atoms with E-state index in [0.29, 0.717) is 35.5 Å². The molecule has 0 aromatic heterocycles. The Hall–Kier alpha value is -1.35. The molecule has 2 fully saturated rings. The Morgan fingerprint density at radius 1 is 1.16 bits per heavy atom. The molecule has 0 spiro atoms. The Morgan fingerprint density at radius 2 is 1.88 bits per heavy atom. The van der Waals surface area contributed by atoms with Gasteiger partial charge in [0, 0.05) is 6.08 Å². The Labute approximate surface area is 152 Å². The summed E-state index contributed by atoms with van der Waals surface area (Å²) in [5.74, 6) is 1.88. The number of hydrogen-bond donors (Lipinski definition) is 2. The number of rotatable bonds is 5. The van der Waals surface area contributed by atoms with E-state index in [-0.39, 0.29) is 6.10 Å². The van der Waals surface area contributed by atoms with Crippen LogP contribution in [0, 0.1) is 35.5 Å². The van der Waals surface area contributed by atoms with Gasteiger partial charge in [-0.25, -0.2) is 4.79 Å². The molecule has 2 aliphatic rings.